The second kappa shape index (κ2) is 5.61. The number of hydrogen-bond donors (Lipinski definition) is 0. The Morgan fingerprint density at radius 2 is 1.94 bits per heavy atom. The lowest BCUT2D eigenvalue weighted by molar-refractivity contribution is -0.137. The van der Waals surface area contributed by atoms with E-state index in [-0.39, 0.29) is 22.4 Å². The van der Waals surface area contributed by atoms with E-state index in [0.717, 1.165) is 6.07 Å². The molecule has 0 bridgehead atoms. The fourth-order valence-corrected chi connectivity index (χ4v) is 1.47. The lowest BCUT2D eigenvalue weighted by atomic mass is 10.0. The molecule has 1 aromatic rings. The summed E-state index contributed by atoms with van der Waals surface area (Å²) in [5.41, 5.74) is -0.713. The molecule has 2 nitrogen and oxygen atoms in total. The summed E-state index contributed by atoms with van der Waals surface area (Å²) in [6.45, 7) is 4.92. The third kappa shape index (κ3) is 3.91. The van der Waals surface area contributed by atoms with Gasteiger partial charge in [0.05, 0.1) is 11.3 Å². The molecule has 1 aromatic carbocycles. The Labute approximate surface area is 108 Å². The van der Waals surface area contributed by atoms with Gasteiger partial charge in [-0.25, -0.2) is 0 Å². The van der Waals surface area contributed by atoms with Crippen LogP contribution in [-0.2, 0) is 11.0 Å². The second-order valence-corrected chi connectivity index (χ2v) is 4.45. The van der Waals surface area contributed by atoms with Crippen LogP contribution < -0.4 is 0 Å². The Bertz CT molecular complexity index is 455. The third-order valence-corrected chi connectivity index (χ3v) is 2.31. The highest BCUT2D eigenvalue weighted by molar-refractivity contribution is 6.31. The molecule has 0 spiro atoms. The van der Waals surface area contributed by atoms with Gasteiger partial charge >= 0.3 is 6.18 Å². The van der Waals surface area contributed by atoms with Crippen molar-refractivity contribution in [1.82, 2.24) is 0 Å². The second-order valence-electron chi connectivity index (χ2n) is 4.02. The normalized spacial score (nSPS) is 13.0. The summed E-state index contributed by atoms with van der Waals surface area (Å²) < 4.78 is 38.4. The maximum absolute atomic E-state index is 12.8. The van der Waals surface area contributed by atoms with E-state index in [4.69, 9.17) is 16.4 Å². The highest BCUT2D eigenvalue weighted by atomic mass is 35.5. The average Bonchev–Trinajstić information content (AvgIpc) is 2.23. The third-order valence-electron chi connectivity index (χ3n) is 2.08. The summed E-state index contributed by atoms with van der Waals surface area (Å²) in [4.78, 5) is 4.94. The summed E-state index contributed by atoms with van der Waals surface area (Å²) >= 11 is 5.71. The first-order valence-electron chi connectivity index (χ1n) is 5.29. The number of oxime groups is 1. The predicted molar refractivity (Wildman–Crippen MR) is 64.9 cm³/mol. The van der Waals surface area contributed by atoms with Gasteiger partial charge in [0, 0.05) is 10.6 Å². The number of alkyl halides is 3. The lowest BCUT2D eigenvalue weighted by Crippen LogP contribution is -2.12. The maximum Gasteiger partial charge on any atom is 0.417 e. The lowest BCUT2D eigenvalue weighted by Gasteiger charge is -2.13. The van der Waals surface area contributed by atoms with E-state index in [1.165, 1.54) is 19.1 Å². The smallest absolute Gasteiger partial charge is 0.393 e. The first kappa shape index (κ1) is 14.8. The van der Waals surface area contributed by atoms with Crippen LogP contribution in [0.5, 0.6) is 0 Å². The van der Waals surface area contributed by atoms with Crippen molar-refractivity contribution in [2.75, 3.05) is 0 Å². The molecule has 0 saturated carbocycles. The minimum absolute atomic E-state index is 0.0735. The molecule has 0 atom stereocenters. The monoisotopic (exact) mass is 279 g/mol. The van der Waals surface area contributed by atoms with Crippen molar-refractivity contribution >= 4 is 17.3 Å². The standard InChI is InChI=1S/C12H13ClF3NO/c1-7(2)18-17-8(3)10-6-9(13)4-5-11(10)12(14,15)16/h4-7H,1-3H3/b17-8+. The number of rotatable bonds is 3. The van der Waals surface area contributed by atoms with E-state index in [2.05, 4.69) is 5.16 Å². The van der Waals surface area contributed by atoms with Crippen molar-refractivity contribution in [2.24, 2.45) is 5.16 Å². The van der Waals surface area contributed by atoms with Crippen LogP contribution in [0.25, 0.3) is 0 Å². The molecular formula is C12H13ClF3NO. The van der Waals surface area contributed by atoms with E-state index < -0.39 is 11.7 Å². The highest BCUT2D eigenvalue weighted by Crippen LogP contribution is 2.33. The Morgan fingerprint density at radius 3 is 2.44 bits per heavy atom. The molecule has 0 aromatic heterocycles. The zero-order chi connectivity index (χ0) is 13.9. The van der Waals surface area contributed by atoms with Crippen LogP contribution in [0.1, 0.15) is 31.9 Å². The molecule has 0 unspecified atom stereocenters. The van der Waals surface area contributed by atoms with Crippen molar-refractivity contribution in [3.05, 3.63) is 34.3 Å². The molecule has 0 aliphatic carbocycles. The molecule has 1 rings (SSSR count). The van der Waals surface area contributed by atoms with Gasteiger partial charge in [-0.15, -0.1) is 0 Å². The zero-order valence-electron chi connectivity index (χ0n) is 10.2. The van der Waals surface area contributed by atoms with Gasteiger partial charge in [0.1, 0.15) is 6.10 Å². The molecule has 0 radical (unpaired) electrons. The molecule has 18 heavy (non-hydrogen) atoms. The van der Waals surface area contributed by atoms with Crippen molar-refractivity contribution in [3.63, 3.8) is 0 Å². The Kier molecular flexibility index (Phi) is 4.62. The molecule has 100 valence electrons. The minimum Gasteiger partial charge on any atom is -0.393 e. The molecule has 0 aliphatic heterocycles. The summed E-state index contributed by atoms with van der Waals surface area (Å²) in [7, 11) is 0. The predicted octanol–water partition coefficient (Wildman–Crippen LogP) is 4.51. The maximum atomic E-state index is 12.8. The minimum atomic E-state index is -4.45. The van der Waals surface area contributed by atoms with Crippen molar-refractivity contribution in [3.8, 4) is 0 Å². The van der Waals surface area contributed by atoms with Gasteiger partial charge in [0.2, 0.25) is 0 Å². The fraction of sp³-hybridized carbons (Fsp3) is 0.417. The Balaban J connectivity index is 3.21. The average molecular weight is 280 g/mol. The summed E-state index contributed by atoms with van der Waals surface area (Å²) in [5, 5.41) is 3.89. The summed E-state index contributed by atoms with van der Waals surface area (Å²) in [6.07, 6.45) is -4.65. The number of benzene rings is 1. The van der Waals surface area contributed by atoms with Crippen molar-refractivity contribution in [2.45, 2.75) is 33.1 Å². The molecule has 0 saturated heterocycles. The summed E-state index contributed by atoms with van der Waals surface area (Å²) in [6, 6.07) is 3.36. The summed E-state index contributed by atoms with van der Waals surface area (Å²) in [5.74, 6) is 0. The van der Waals surface area contributed by atoms with Gasteiger partial charge in [-0.2, -0.15) is 13.2 Å². The van der Waals surface area contributed by atoms with E-state index in [9.17, 15) is 13.2 Å². The van der Waals surface area contributed by atoms with Gasteiger partial charge in [0.15, 0.2) is 0 Å². The SMILES string of the molecule is C/C(=N\OC(C)C)c1cc(Cl)ccc1C(F)(F)F. The molecule has 0 fully saturated rings. The molecule has 0 N–H and O–H groups in total. The number of halogens is 4. The first-order valence-corrected chi connectivity index (χ1v) is 5.67. The molecule has 0 heterocycles. The van der Waals surface area contributed by atoms with Gasteiger partial charge in [-0.05, 0) is 39.0 Å². The Hall–Kier alpha value is -1.23. The van der Waals surface area contributed by atoms with Crippen LogP contribution in [0, 0.1) is 0 Å². The fourth-order valence-electron chi connectivity index (χ4n) is 1.30. The molecule has 0 aliphatic rings. The molecule has 0 amide bonds. The molecular weight excluding hydrogens is 267 g/mol. The largest absolute Gasteiger partial charge is 0.417 e. The van der Waals surface area contributed by atoms with Gasteiger partial charge < -0.3 is 4.84 Å². The topological polar surface area (TPSA) is 21.6 Å². The van der Waals surface area contributed by atoms with Gasteiger partial charge in [0.25, 0.3) is 0 Å². The van der Waals surface area contributed by atoms with Crippen LogP contribution in [0.3, 0.4) is 0 Å². The van der Waals surface area contributed by atoms with Crippen LogP contribution >= 0.6 is 11.6 Å². The first-order chi connectivity index (χ1) is 8.21. The Morgan fingerprint density at radius 1 is 1.33 bits per heavy atom. The zero-order valence-corrected chi connectivity index (χ0v) is 10.9. The van der Waals surface area contributed by atoms with Gasteiger partial charge in [-0.1, -0.05) is 16.8 Å². The molecule has 6 heteroatoms. The van der Waals surface area contributed by atoms with Gasteiger partial charge in [-0.3, -0.25) is 0 Å². The van der Waals surface area contributed by atoms with Crippen LogP contribution in [0.15, 0.2) is 23.4 Å². The van der Waals surface area contributed by atoms with Crippen LogP contribution in [0.4, 0.5) is 13.2 Å². The highest BCUT2D eigenvalue weighted by Gasteiger charge is 2.34. The van der Waals surface area contributed by atoms with Crippen LogP contribution in [0.2, 0.25) is 5.02 Å². The van der Waals surface area contributed by atoms with E-state index >= 15 is 0 Å². The number of hydrogen-bond acceptors (Lipinski definition) is 2. The number of nitrogens with zero attached hydrogens (tertiary/aromatic N) is 1. The quantitative estimate of drug-likeness (QED) is 0.589. The van der Waals surface area contributed by atoms with E-state index in [1.807, 2.05) is 0 Å². The van der Waals surface area contributed by atoms with Crippen molar-refractivity contribution in [1.29, 1.82) is 0 Å². The van der Waals surface area contributed by atoms with E-state index in [1.54, 1.807) is 13.8 Å². The van der Waals surface area contributed by atoms with E-state index in [0.29, 0.717) is 0 Å². The van der Waals surface area contributed by atoms with Crippen molar-refractivity contribution < 1.29 is 18.0 Å². The van der Waals surface area contributed by atoms with Crippen LogP contribution in [-0.4, -0.2) is 11.8 Å².